The van der Waals surface area contributed by atoms with Crippen molar-refractivity contribution in [2.24, 2.45) is 0 Å². The number of amides is 2. The van der Waals surface area contributed by atoms with Crippen molar-refractivity contribution >= 4 is 33.8 Å². The molecule has 2 aromatic carbocycles. The van der Waals surface area contributed by atoms with Crippen molar-refractivity contribution in [1.82, 2.24) is 10.9 Å². The van der Waals surface area contributed by atoms with E-state index < -0.39 is 11.8 Å². The number of benzene rings is 2. The first-order valence-corrected chi connectivity index (χ1v) is 8.15. The van der Waals surface area contributed by atoms with Crippen LogP contribution in [0.1, 0.15) is 11.1 Å². The van der Waals surface area contributed by atoms with E-state index >= 15 is 0 Å². The van der Waals surface area contributed by atoms with Gasteiger partial charge in [-0.3, -0.25) is 20.4 Å². The van der Waals surface area contributed by atoms with Gasteiger partial charge in [0.2, 0.25) is 0 Å². The van der Waals surface area contributed by atoms with Crippen LogP contribution in [0.2, 0.25) is 0 Å². The quantitative estimate of drug-likeness (QED) is 0.591. The zero-order valence-electron chi connectivity index (χ0n) is 13.4. The normalized spacial score (nSPS) is 10.5. The van der Waals surface area contributed by atoms with E-state index in [0.717, 1.165) is 10.0 Å². The molecule has 0 fully saturated rings. The molecule has 0 spiro atoms. The van der Waals surface area contributed by atoms with Crippen molar-refractivity contribution in [2.75, 3.05) is 6.61 Å². The second kappa shape index (κ2) is 8.98. The van der Waals surface area contributed by atoms with E-state index in [1.807, 2.05) is 13.0 Å². The van der Waals surface area contributed by atoms with Gasteiger partial charge in [-0.15, -0.1) is 0 Å². The molecule has 25 heavy (non-hydrogen) atoms. The zero-order valence-corrected chi connectivity index (χ0v) is 15.0. The molecule has 2 N–H and O–H groups in total. The van der Waals surface area contributed by atoms with Gasteiger partial charge in [0.1, 0.15) is 11.6 Å². The summed E-state index contributed by atoms with van der Waals surface area (Å²) >= 11 is 3.38. The van der Waals surface area contributed by atoms with E-state index in [0.29, 0.717) is 11.3 Å². The van der Waals surface area contributed by atoms with Gasteiger partial charge in [0.05, 0.1) is 0 Å². The summed E-state index contributed by atoms with van der Waals surface area (Å²) in [4.78, 5) is 23.3. The highest BCUT2D eigenvalue weighted by molar-refractivity contribution is 9.10. The molecular formula is C18H16BrFN2O3. The van der Waals surface area contributed by atoms with Crippen molar-refractivity contribution in [3.63, 3.8) is 0 Å². The van der Waals surface area contributed by atoms with Crippen LogP contribution in [0.5, 0.6) is 5.75 Å². The molecule has 5 nitrogen and oxygen atoms in total. The Balaban J connectivity index is 1.74. The van der Waals surface area contributed by atoms with Crippen molar-refractivity contribution in [2.45, 2.75) is 6.92 Å². The molecule has 0 aromatic heterocycles. The average Bonchev–Trinajstić information content (AvgIpc) is 2.60. The maximum absolute atomic E-state index is 12.8. The summed E-state index contributed by atoms with van der Waals surface area (Å²) in [5, 5.41) is 0. The third kappa shape index (κ3) is 6.39. The van der Waals surface area contributed by atoms with E-state index in [9.17, 15) is 14.0 Å². The SMILES string of the molecule is Cc1cc(OCC(=O)NNC(=O)/C=C/c2ccc(F)cc2)ccc1Br. The van der Waals surface area contributed by atoms with Crippen molar-refractivity contribution < 1.29 is 18.7 Å². The molecule has 2 aromatic rings. The van der Waals surface area contributed by atoms with Gasteiger partial charge >= 0.3 is 0 Å². The van der Waals surface area contributed by atoms with Gasteiger partial charge in [-0.1, -0.05) is 28.1 Å². The maximum atomic E-state index is 12.8. The molecule has 130 valence electrons. The van der Waals surface area contributed by atoms with Crippen LogP contribution in [-0.4, -0.2) is 18.4 Å². The van der Waals surface area contributed by atoms with Gasteiger partial charge in [-0.2, -0.15) is 0 Å². The fourth-order valence-corrected chi connectivity index (χ4v) is 2.06. The molecule has 7 heteroatoms. The predicted molar refractivity (Wildman–Crippen MR) is 96.1 cm³/mol. The molecule has 0 saturated carbocycles. The van der Waals surface area contributed by atoms with Crippen LogP contribution in [0.4, 0.5) is 4.39 Å². The highest BCUT2D eigenvalue weighted by Crippen LogP contribution is 2.21. The summed E-state index contributed by atoms with van der Waals surface area (Å²) in [6.07, 6.45) is 2.73. The Bertz CT molecular complexity index is 791. The summed E-state index contributed by atoms with van der Waals surface area (Å²) in [5.41, 5.74) is 6.12. The number of nitrogens with one attached hydrogen (secondary N) is 2. The molecule has 0 aliphatic carbocycles. The summed E-state index contributed by atoms with van der Waals surface area (Å²) in [6, 6.07) is 11.0. The average molecular weight is 407 g/mol. The zero-order chi connectivity index (χ0) is 18.2. The molecule has 0 bridgehead atoms. The van der Waals surface area contributed by atoms with E-state index in [1.165, 1.54) is 36.4 Å². The van der Waals surface area contributed by atoms with Crippen LogP contribution in [-0.2, 0) is 9.59 Å². The minimum absolute atomic E-state index is 0.233. The Morgan fingerprint density at radius 1 is 1.16 bits per heavy atom. The number of aryl methyl sites for hydroxylation is 1. The smallest absolute Gasteiger partial charge is 0.276 e. The van der Waals surface area contributed by atoms with Gasteiger partial charge in [-0.05, 0) is 54.5 Å². The molecule has 0 aliphatic rings. The summed E-state index contributed by atoms with van der Waals surface area (Å²) in [7, 11) is 0. The van der Waals surface area contributed by atoms with Gasteiger partial charge < -0.3 is 4.74 Å². The number of hydrazine groups is 1. The third-order valence-electron chi connectivity index (χ3n) is 3.12. The Hall–Kier alpha value is -2.67. The number of hydrogen-bond donors (Lipinski definition) is 2. The number of halogens is 2. The lowest BCUT2D eigenvalue weighted by molar-refractivity contribution is -0.128. The third-order valence-corrected chi connectivity index (χ3v) is 4.01. The molecular weight excluding hydrogens is 391 g/mol. The van der Waals surface area contributed by atoms with Crippen LogP contribution in [0.25, 0.3) is 6.08 Å². The van der Waals surface area contributed by atoms with Gasteiger partial charge in [-0.25, -0.2) is 4.39 Å². The minimum Gasteiger partial charge on any atom is -0.484 e. The topological polar surface area (TPSA) is 67.4 Å². The Labute approximate surface area is 153 Å². The van der Waals surface area contributed by atoms with E-state index in [2.05, 4.69) is 26.8 Å². The van der Waals surface area contributed by atoms with Gasteiger partial charge in [0.15, 0.2) is 6.61 Å². The Morgan fingerprint density at radius 2 is 1.88 bits per heavy atom. The Kier molecular flexibility index (Phi) is 6.71. The van der Waals surface area contributed by atoms with Gasteiger partial charge in [0.25, 0.3) is 11.8 Å². The van der Waals surface area contributed by atoms with E-state index in [1.54, 1.807) is 12.1 Å². The van der Waals surface area contributed by atoms with E-state index in [-0.39, 0.29) is 12.4 Å². The van der Waals surface area contributed by atoms with Gasteiger partial charge in [0, 0.05) is 10.5 Å². The molecule has 0 unspecified atom stereocenters. The van der Waals surface area contributed by atoms with Crippen LogP contribution in [0, 0.1) is 12.7 Å². The first kappa shape index (κ1) is 18.7. The monoisotopic (exact) mass is 406 g/mol. The molecule has 0 radical (unpaired) electrons. The highest BCUT2D eigenvalue weighted by atomic mass is 79.9. The number of rotatable bonds is 5. The lowest BCUT2D eigenvalue weighted by atomic mass is 10.2. The maximum Gasteiger partial charge on any atom is 0.276 e. The first-order valence-electron chi connectivity index (χ1n) is 7.35. The predicted octanol–water partition coefficient (Wildman–Crippen LogP) is 3.14. The van der Waals surface area contributed by atoms with E-state index in [4.69, 9.17) is 4.74 Å². The standard InChI is InChI=1S/C18H16BrFN2O3/c1-12-10-15(7-8-16(12)19)25-11-18(24)22-21-17(23)9-4-13-2-5-14(20)6-3-13/h2-10H,11H2,1H3,(H,21,23)(H,22,24)/b9-4+. The summed E-state index contributed by atoms with van der Waals surface area (Å²) in [6.45, 7) is 1.67. The molecule has 0 aliphatic heterocycles. The molecule has 0 saturated heterocycles. The fraction of sp³-hybridized carbons (Fsp3) is 0.111. The lowest BCUT2D eigenvalue weighted by Gasteiger charge is -2.08. The minimum atomic E-state index is -0.517. The van der Waals surface area contributed by atoms with Crippen molar-refractivity contribution in [1.29, 1.82) is 0 Å². The molecule has 2 rings (SSSR count). The van der Waals surface area contributed by atoms with Crippen molar-refractivity contribution in [3.05, 3.63) is 70.0 Å². The first-order chi connectivity index (χ1) is 11.9. The summed E-state index contributed by atoms with van der Waals surface area (Å²) in [5.74, 6) is -0.811. The number of ether oxygens (including phenoxy) is 1. The van der Waals surface area contributed by atoms with Crippen LogP contribution >= 0.6 is 15.9 Å². The second-order valence-electron chi connectivity index (χ2n) is 5.12. The van der Waals surface area contributed by atoms with Crippen LogP contribution < -0.4 is 15.6 Å². The molecule has 0 atom stereocenters. The fourth-order valence-electron chi connectivity index (χ4n) is 1.81. The molecule has 0 heterocycles. The van der Waals surface area contributed by atoms with Crippen molar-refractivity contribution in [3.8, 4) is 5.75 Å². The highest BCUT2D eigenvalue weighted by Gasteiger charge is 2.05. The summed E-state index contributed by atoms with van der Waals surface area (Å²) < 4.78 is 19.1. The number of carbonyl (C=O) groups excluding carboxylic acids is 2. The van der Waals surface area contributed by atoms with Crippen LogP contribution in [0.15, 0.2) is 53.0 Å². The largest absolute Gasteiger partial charge is 0.484 e. The lowest BCUT2D eigenvalue weighted by Crippen LogP contribution is -2.43. The molecule has 2 amide bonds. The number of carbonyl (C=O) groups is 2. The Morgan fingerprint density at radius 3 is 2.56 bits per heavy atom. The van der Waals surface area contributed by atoms with Crippen LogP contribution in [0.3, 0.4) is 0 Å². The second-order valence-corrected chi connectivity index (χ2v) is 5.98. The number of hydrogen-bond acceptors (Lipinski definition) is 3.